The molecule has 0 saturated carbocycles. The molecular weight excluding hydrogens is 280 g/mol. The summed E-state index contributed by atoms with van der Waals surface area (Å²) in [5.41, 5.74) is 10.3. The van der Waals surface area contributed by atoms with Crippen molar-refractivity contribution in [1.29, 1.82) is 0 Å². The van der Waals surface area contributed by atoms with Crippen LogP contribution in [0.25, 0.3) is 11.1 Å². The Hall–Kier alpha value is -2.69. The van der Waals surface area contributed by atoms with Crippen LogP contribution in [0.5, 0.6) is 0 Å². The number of aromatic nitrogens is 1. The highest BCUT2D eigenvalue weighted by Gasteiger charge is 2.20. The fourth-order valence-electron chi connectivity index (χ4n) is 3.10. The topological polar surface area (TPSA) is 93.3 Å². The molecule has 5 nitrogen and oxygen atoms in total. The smallest absolute Gasteiger partial charge is 0.307 e. The van der Waals surface area contributed by atoms with Crippen molar-refractivity contribution in [3.63, 3.8) is 0 Å². The summed E-state index contributed by atoms with van der Waals surface area (Å²) in [5.74, 6) is -1.45. The van der Waals surface area contributed by atoms with Gasteiger partial charge in [-0.15, -0.1) is 0 Å². The van der Waals surface area contributed by atoms with Gasteiger partial charge in [0.2, 0.25) is 0 Å². The van der Waals surface area contributed by atoms with E-state index in [0.29, 0.717) is 0 Å². The average molecular weight is 296 g/mol. The molecule has 2 aromatic rings. The first-order valence-electron chi connectivity index (χ1n) is 7.18. The molecule has 1 aliphatic rings. The minimum absolute atomic E-state index is 0.0211. The molecule has 1 amide bonds. The SMILES string of the molecule is NC(=O)c1cc(-c2ccc3c(c2CC(=O)O)CCC3)ccn1. The van der Waals surface area contributed by atoms with Crippen molar-refractivity contribution in [3.8, 4) is 11.1 Å². The average Bonchev–Trinajstić information content (AvgIpc) is 2.96. The maximum absolute atomic E-state index is 11.3. The van der Waals surface area contributed by atoms with Crippen molar-refractivity contribution in [2.24, 2.45) is 5.73 Å². The normalized spacial score (nSPS) is 12.9. The highest BCUT2D eigenvalue weighted by atomic mass is 16.4. The monoisotopic (exact) mass is 296 g/mol. The first kappa shape index (κ1) is 14.3. The number of pyridine rings is 1. The summed E-state index contributed by atoms with van der Waals surface area (Å²) < 4.78 is 0. The third-order valence-electron chi connectivity index (χ3n) is 4.05. The number of aliphatic carboxylic acids is 1. The molecule has 0 unspecified atom stereocenters. The van der Waals surface area contributed by atoms with Crippen LogP contribution in [0, 0.1) is 0 Å². The van der Waals surface area contributed by atoms with Crippen molar-refractivity contribution in [2.45, 2.75) is 25.7 Å². The minimum Gasteiger partial charge on any atom is -0.481 e. The third-order valence-corrected chi connectivity index (χ3v) is 4.05. The molecule has 0 aliphatic heterocycles. The van der Waals surface area contributed by atoms with Gasteiger partial charge in [-0.25, -0.2) is 0 Å². The lowest BCUT2D eigenvalue weighted by molar-refractivity contribution is -0.136. The van der Waals surface area contributed by atoms with E-state index in [2.05, 4.69) is 4.98 Å². The van der Waals surface area contributed by atoms with Crippen molar-refractivity contribution < 1.29 is 14.7 Å². The van der Waals surface area contributed by atoms with E-state index in [1.54, 1.807) is 12.1 Å². The molecule has 22 heavy (non-hydrogen) atoms. The van der Waals surface area contributed by atoms with Crippen LogP contribution < -0.4 is 5.73 Å². The largest absolute Gasteiger partial charge is 0.481 e. The number of nitrogens with two attached hydrogens (primary N) is 1. The Morgan fingerprint density at radius 1 is 1.23 bits per heavy atom. The Morgan fingerprint density at radius 3 is 2.77 bits per heavy atom. The summed E-state index contributed by atoms with van der Waals surface area (Å²) in [5, 5.41) is 9.23. The lowest BCUT2D eigenvalue weighted by Crippen LogP contribution is -2.13. The number of fused-ring (bicyclic) bond motifs is 1. The number of hydrogen-bond donors (Lipinski definition) is 2. The van der Waals surface area contributed by atoms with Gasteiger partial charge in [0, 0.05) is 6.20 Å². The second-order valence-corrected chi connectivity index (χ2v) is 5.45. The number of aryl methyl sites for hydroxylation is 1. The summed E-state index contributed by atoms with van der Waals surface area (Å²) in [6.45, 7) is 0. The molecule has 0 radical (unpaired) electrons. The molecule has 1 aliphatic carbocycles. The Morgan fingerprint density at radius 2 is 2.05 bits per heavy atom. The summed E-state index contributed by atoms with van der Waals surface area (Å²) in [6.07, 6.45) is 4.44. The van der Waals surface area contributed by atoms with Crippen LogP contribution in [-0.4, -0.2) is 22.0 Å². The second-order valence-electron chi connectivity index (χ2n) is 5.45. The molecule has 1 aromatic carbocycles. The third kappa shape index (κ3) is 2.57. The summed E-state index contributed by atoms with van der Waals surface area (Å²) >= 11 is 0. The number of carbonyl (C=O) groups is 2. The van der Waals surface area contributed by atoms with Gasteiger partial charge in [0.1, 0.15) is 5.69 Å². The standard InChI is InChI=1S/C17H16N2O3/c18-17(22)15-8-11(6-7-19-15)13-5-4-10-2-1-3-12(10)14(13)9-16(20)21/h4-8H,1-3,9H2,(H2,18,22)(H,20,21). The van der Waals surface area contributed by atoms with Gasteiger partial charge >= 0.3 is 5.97 Å². The van der Waals surface area contributed by atoms with Crippen molar-refractivity contribution in [1.82, 2.24) is 4.98 Å². The zero-order valence-electron chi connectivity index (χ0n) is 12.0. The van der Waals surface area contributed by atoms with E-state index >= 15 is 0 Å². The van der Waals surface area contributed by atoms with E-state index in [0.717, 1.165) is 41.5 Å². The molecule has 3 N–H and O–H groups in total. The number of carboxylic acid groups (broad SMARTS) is 1. The molecule has 3 rings (SSSR count). The molecule has 0 fully saturated rings. The lowest BCUT2D eigenvalue weighted by atomic mass is 9.91. The quantitative estimate of drug-likeness (QED) is 0.902. The van der Waals surface area contributed by atoms with Crippen LogP contribution in [0.2, 0.25) is 0 Å². The highest BCUT2D eigenvalue weighted by Crippen LogP contribution is 2.33. The van der Waals surface area contributed by atoms with Crippen LogP contribution in [0.1, 0.15) is 33.6 Å². The number of nitrogens with zero attached hydrogens (tertiary/aromatic N) is 1. The molecule has 0 saturated heterocycles. The van der Waals surface area contributed by atoms with Crippen LogP contribution in [0.4, 0.5) is 0 Å². The van der Waals surface area contributed by atoms with Crippen molar-refractivity contribution in [3.05, 3.63) is 52.8 Å². The van der Waals surface area contributed by atoms with E-state index in [9.17, 15) is 14.7 Å². The predicted molar refractivity (Wildman–Crippen MR) is 81.6 cm³/mol. The summed E-state index contributed by atoms with van der Waals surface area (Å²) in [4.78, 5) is 26.5. The van der Waals surface area contributed by atoms with Crippen molar-refractivity contribution in [2.75, 3.05) is 0 Å². The fourth-order valence-corrected chi connectivity index (χ4v) is 3.10. The zero-order chi connectivity index (χ0) is 15.7. The summed E-state index contributed by atoms with van der Waals surface area (Å²) in [7, 11) is 0. The lowest BCUT2D eigenvalue weighted by Gasteiger charge is -2.14. The Balaban J connectivity index is 2.16. The molecular formula is C17H16N2O3. The number of primary amides is 1. The molecule has 1 aromatic heterocycles. The van der Waals surface area contributed by atoms with E-state index < -0.39 is 11.9 Å². The highest BCUT2D eigenvalue weighted by molar-refractivity contribution is 5.92. The number of rotatable bonds is 4. The van der Waals surface area contributed by atoms with Gasteiger partial charge in [-0.05, 0) is 59.2 Å². The number of carbonyl (C=O) groups excluding carboxylic acids is 1. The van der Waals surface area contributed by atoms with Crippen LogP contribution in [0.15, 0.2) is 30.5 Å². The van der Waals surface area contributed by atoms with Crippen molar-refractivity contribution >= 4 is 11.9 Å². The number of benzene rings is 1. The van der Waals surface area contributed by atoms with Gasteiger partial charge < -0.3 is 10.8 Å². The van der Waals surface area contributed by atoms with Gasteiger partial charge in [-0.1, -0.05) is 12.1 Å². The molecule has 0 atom stereocenters. The second kappa shape index (κ2) is 5.60. The van der Waals surface area contributed by atoms with Gasteiger partial charge in [0.25, 0.3) is 5.91 Å². The Kier molecular flexibility index (Phi) is 3.63. The predicted octanol–water partition coefficient (Wildman–Crippen LogP) is 1.96. The molecule has 112 valence electrons. The van der Waals surface area contributed by atoms with E-state index in [4.69, 9.17) is 5.73 Å². The first-order valence-corrected chi connectivity index (χ1v) is 7.18. The minimum atomic E-state index is -0.856. The van der Waals surface area contributed by atoms with E-state index in [1.165, 1.54) is 11.8 Å². The molecule has 1 heterocycles. The fraction of sp³-hybridized carbons (Fsp3) is 0.235. The van der Waals surface area contributed by atoms with Crippen LogP contribution in [0.3, 0.4) is 0 Å². The van der Waals surface area contributed by atoms with Gasteiger partial charge in [0.05, 0.1) is 6.42 Å². The number of amides is 1. The van der Waals surface area contributed by atoms with Gasteiger partial charge in [-0.3, -0.25) is 14.6 Å². The molecule has 0 bridgehead atoms. The van der Waals surface area contributed by atoms with Crippen LogP contribution in [-0.2, 0) is 24.1 Å². The maximum Gasteiger partial charge on any atom is 0.307 e. The summed E-state index contributed by atoms with van der Waals surface area (Å²) in [6, 6.07) is 7.37. The number of carboxylic acids is 1. The number of hydrogen-bond acceptors (Lipinski definition) is 3. The van der Waals surface area contributed by atoms with Gasteiger partial charge in [-0.2, -0.15) is 0 Å². The zero-order valence-corrected chi connectivity index (χ0v) is 12.0. The Labute approximate surface area is 127 Å². The Bertz CT molecular complexity index is 768. The molecule has 5 heteroatoms. The maximum atomic E-state index is 11.3. The molecule has 0 spiro atoms. The first-order chi connectivity index (χ1) is 10.6. The van der Waals surface area contributed by atoms with E-state index in [-0.39, 0.29) is 12.1 Å². The van der Waals surface area contributed by atoms with Crippen LogP contribution >= 0.6 is 0 Å². The van der Waals surface area contributed by atoms with E-state index in [1.807, 2.05) is 12.1 Å². The van der Waals surface area contributed by atoms with Gasteiger partial charge in [0.15, 0.2) is 0 Å².